The normalized spacial score (nSPS) is 17.2. The molecule has 3 N–H and O–H groups in total. The van der Waals surface area contributed by atoms with Crippen molar-refractivity contribution in [1.29, 1.82) is 0 Å². The molecule has 0 spiro atoms. The zero-order chi connectivity index (χ0) is 7.28. The molecule has 2 unspecified atom stereocenters. The molecule has 56 valence electrons. The third-order valence-corrected chi connectivity index (χ3v) is 1.24. The standard InChI is InChI=1S/C4H11NO3S/c1-4(6)2-3-5-9(7)8/h4-6H,2-3H2,1H3,(H,7,8). The van der Waals surface area contributed by atoms with Gasteiger partial charge < -0.3 is 5.11 Å². The number of aliphatic hydroxyl groups excluding tert-OH is 1. The van der Waals surface area contributed by atoms with Gasteiger partial charge in [-0.15, -0.1) is 0 Å². The van der Waals surface area contributed by atoms with E-state index in [-0.39, 0.29) is 0 Å². The highest BCUT2D eigenvalue weighted by Gasteiger charge is 1.95. The van der Waals surface area contributed by atoms with E-state index in [2.05, 4.69) is 4.72 Å². The highest BCUT2D eigenvalue weighted by atomic mass is 32.2. The summed E-state index contributed by atoms with van der Waals surface area (Å²) < 4.78 is 20.3. The Hall–Kier alpha value is 0.0300. The molecule has 0 radical (unpaired) electrons. The molecule has 5 heteroatoms. The van der Waals surface area contributed by atoms with E-state index in [9.17, 15) is 4.21 Å². The maximum atomic E-state index is 9.90. The largest absolute Gasteiger partial charge is 0.393 e. The molecule has 0 aromatic carbocycles. The van der Waals surface area contributed by atoms with Gasteiger partial charge >= 0.3 is 0 Å². The van der Waals surface area contributed by atoms with Crippen LogP contribution < -0.4 is 4.72 Å². The van der Waals surface area contributed by atoms with Crippen molar-refractivity contribution in [3.05, 3.63) is 0 Å². The Bertz CT molecular complexity index is 95.8. The van der Waals surface area contributed by atoms with Crippen LogP contribution in [-0.4, -0.2) is 26.5 Å². The van der Waals surface area contributed by atoms with Gasteiger partial charge in [0.05, 0.1) is 6.10 Å². The minimum absolute atomic E-state index is 0.362. The van der Waals surface area contributed by atoms with E-state index < -0.39 is 17.4 Å². The second-order valence-electron chi connectivity index (χ2n) is 1.78. The van der Waals surface area contributed by atoms with Crippen LogP contribution in [0.1, 0.15) is 13.3 Å². The van der Waals surface area contributed by atoms with E-state index in [1.807, 2.05) is 0 Å². The molecule has 0 aromatic rings. The molecule has 2 atom stereocenters. The molecule has 0 fully saturated rings. The molecule has 0 saturated heterocycles. The Morgan fingerprint density at radius 3 is 2.67 bits per heavy atom. The van der Waals surface area contributed by atoms with E-state index in [0.29, 0.717) is 13.0 Å². The van der Waals surface area contributed by atoms with Crippen LogP contribution in [0.4, 0.5) is 0 Å². The Balaban J connectivity index is 3.01. The van der Waals surface area contributed by atoms with Gasteiger partial charge in [-0.05, 0) is 13.3 Å². The van der Waals surface area contributed by atoms with Gasteiger partial charge in [-0.2, -0.15) is 0 Å². The van der Waals surface area contributed by atoms with Gasteiger partial charge in [0.15, 0.2) is 0 Å². The van der Waals surface area contributed by atoms with Crippen LogP contribution >= 0.6 is 0 Å². The first-order valence-electron chi connectivity index (χ1n) is 2.65. The average Bonchev–Trinajstić information content (AvgIpc) is 1.63. The van der Waals surface area contributed by atoms with Crippen LogP contribution in [0, 0.1) is 0 Å². The predicted octanol–water partition coefficient (Wildman–Crippen LogP) is -0.516. The number of nitrogens with one attached hydrogen (secondary N) is 1. The van der Waals surface area contributed by atoms with Crippen LogP contribution in [0.3, 0.4) is 0 Å². The third kappa shape index (κ3) is 8.03. The molecule has 0 bridgehead atoms. The molecule has 0 aliphatic heterocycles. The van der Waals surface area contributed by atoms with Crippen LogP contribution in [0.15, 0.2) is 0 Å². The maximum Gasteiger partial charge on any atom is 0.231 e. The summed E-state index contributed by atoms with van der Waals surface area (Å²) in [5, 5.41) is 8.64. The summed E-state index contributed by atoms with van der Waals surface area (Å²) in [6.07, 6.45) is 0.0767. The summed E-state index contributed by atoms with van der Waals surface area (Å²) in [6.45, 7) is 1.99. The number of aliphatic hydroxyl groups is 1. The maximum absolute atomic E-state index is 9.90. The van der Waals surface area contributed by atoms with Crippen LogP contribution in [0.2, 0.25) is 0 Å². The molecule has 0 amide bonds. The number of hydrogen-bond acceptors (Lipinski definition) is 2. The lowest BCUT2D eigenvalue weighted by atomic mass is 10.3. The molecule has 4 nitrogen and oxygen atoms in total. The van der Waals surface area contributed by atoms with E-state index in [4.69, 9.17) is 9.66 Å². The lowest BCUT2D eigenvalue weighted by Gasteiger charge is -2.01. The molecule has 0 aliphatic rings. The molecule has 0 aliphatic carbocycles. The van der Waals surface area contributed by atoms with E-state index >= 15 is 0 Å². The van der Waals surface area contributed by atoms with Gasteiger partial charge in [0.2, 0.25) is 11.3 Å². The topological polar surface area (TPSA) is 69.6 Å². The second-order valence-corrected chi connectivity index (χ2v) is 2.57. The zero-order valence-corrected chi connectivity index (χ0v) is 6.02. The molecule has 0 heterocycles. The molecule has 9 heavy (non-hydrogen) atoms. The Morgan fingerprint density at radius 1 is 1.78 bits per heavy atom. The van der Waals surface area contributed by atoms with Gasteiger partial charge in [0.1, 0.15) is 0 Å². The smallest absolute Gasteiger partial charge is 0.231 e. The Morgan fingerprint density at radius 2 is 2.33 bits per heavy atom. The van der Waals surface area contributed by atoms with Crippen LogP contribution in [0.5, 0.6) is 0 Å². The molecule has 0 rings (SSSR count). The van der Waals surface area contributed by atoms with Gasteiger partial charge in [-0.1, -0.05) is 0 Å². The first-order valence-corrected chi connectivity index (χ1v) is 3.76. The van der Waals surface area contributed by atoms with Gasteiger partial charge in [-0.3, -0.25) is 4.55 Å². The summed E-state index contributed by atoms with van der Waals surface area (Å²) in [4.78, 5) is 0. The van der Waals surface area contributed by atoms with Crippen molar-refractivity contribution in [1.82, 2.24) is 4.72 Å². The van der Waals surface area contributed by atoms with Crippen LogP contribution in [0.25, 0.3) is 0 Å². The Kier molecular flexibility index (Phi) is 4.88. The van der Waals surface area contributed by atoms with Crippen molar-refractivity contribution in [3.8, 4) is 0 Å². The lowest BCUT2D eigenvalue weighted by molar-refractivity contribution is 0.186. The predicted molar refractivity (Wildman–Crippen MR) is 35.1 cm³/mol. The fourth-order valence-corrected chi connectivity index (χ4v) is 0.648. The van der Waals surface area contributed by atoms with Gasteiger partial charge in [0, 0.05) is 6.54 Å². The zero-order valence-electron chi connectivity index (χ0n) is 5.20. The lowest BCUT2D eigenvalue weighted by Crippen LogP contribution is -2.20. The number of hydrogen-bond donors (Lipinski definition) is 3. The van der Waals surface area contributed by atoms with Crippen molar-refractivity contribution in [2.75, 3.05) is 6.54 Å². The van der Waals surface area contributed by atoms with E-state index in [1.165, 1.54) is 0 Å². The SMILES string of the molecule is CC(O)CCNS(=O)O. The van der Waals surface area contributed by atoms with Crippen LogP contribution in [-0.2, 0) is 11.3 Å². The molecular weight excluding hydrogens is 142 g/mol. The minimum Gasteiger partial charge on any atom is -0.393 e. The minimum atomic E-state index is -1.94. The van der Waals surface area contributed by atoms with Crippen molar-refractivity contribution >= 4 is 11.3 Å². The first-order chi connectivity index (χ1) is 4.13. The van der Waals surface area contributed by atoms with Crippen molar-refractivity contribution in [3.63, 3.8) is 0 Å². The molecule has 0 aromatic heterocycles. The number of rotatable bonds is 4. The summed E-state index contributed by atoms with van der Waals surface area (Å²) in [7, 11) is 0. The highest BCUT2D eigenvalue weighted by Crippen LogP contribution is 1.85. The quantitative estimate of drug-likeness (QED) is 0.476. The summed E-state index contributed by atoms with van der Waals surface area (Å²) in [6, 6.07) is 0. The fourth-order valence-electron chi connectivity index (χ4n) is 0.355. The molecular formula is C4H11NO3S. The Labute approximate surface area is 56.7 Å². The molecule has 0 saturated carbocycles. The summed E-state index contributed by atoms with van der Waals surface area (Å²) in [5.74, 6) is 0. The van der Waals surface area contributed by atoms with E-state index in [0.717, 1.165) is 0 Å². The highest BCUT2D eigenvalue weighted by molar-refractivity contribution is 7.77. The second kappa shape index (κ2) is 4.87. The third-order valence-electron chi connectivity index (χ3n) is 0.788. The van der Waals surface area contributed by atoms with Crippen molar-refractivity contribution in [2.45, 2.75) is 19.4 Å². The average molecular weight is 153 g/mol. The van der Waals surface area contributed by atoms with Gasteiger partial charge in [0.25, 0.3) is 0 Å². The van der Waals surface area contributed by atoms with Crippen molar-refractivity contribution in [2.24, 2.45) is 0 Å². The van der Waals surface area contributed by atoms with Gasteiger partial charge in [-0.25, -0.2) is 8.93 Å². The summed E-state index contributed by atoms with van der Waals surface area (Å²) >= 11 is -1.94. The van der Waals surface area contributed by atoms with Crippen molar-refractivity contribution < 1.29 is 13.9 Å². The first kappa shape index (κ1) is 9.03. The monoisotopic (exact) mass is 153 g/mol. The fraction of sp³-hybridized carbons (Fsp3) is 1.00. The summed E-state index contributed by atoms with van der Waals surface area (Å²) in [5.41, 5.74) is 0. The van der Waals surface area contributed by atoms with E-state index in [1.54, 1.807) is 6.92 Å².